The number of aromatic nitrogens is 1. The lowest BCUT2D eigenvalue weighted by Gasteiger charge is -2.42. The molecule has 3 rings (SSSR count). The molecule has 1 aromatic rings. The molecule has 1 aromatic heterocycles. The van der Waals surface area contributed by atoms with Gasteiger partial charge in [0.25, 0.3) is 0 Å². The number of anilines is 1. The highest BCUT2D eigenvalue weighted by atomic mass is 16.5. The maximum atomic E-state index is 9.57. The summed E-state index contributed by atoms with van der Waals surface area (Å²) in [4.78, 5) is 6.69. The fourth-order valence-corrected chi connectivity index (χ4v) is 4.58. The number of piperidine rings is 1. The van der Waals surface area contributed by atoms with Gasteiger partial charge in [-0.15, -0.1) is 0 Å². The molecule has 1 aliphatic heterocycles. The SMILES string of the molecule is CC(C)(C)OCC#Cc1cc(N2CCC(CC3CC(OC(C)(C)C)C3)CC2)c(C#N)cn1. The van der Waals surface area contributed by atoms with E-state index in [1.54, 1.807) is 6.20 Å². The highest BCUT2D eigenvalue weighted by molar-refractivity contribution is 5.60. The summed E-state index contributed by atoms with van der Waals surface area (Å²) in [6.45, 7) is 14.8. The minimum Gasteiger partial charge on any atom is -0.373 e. The van der Waals surface area contributed by atoms with Crippen molar-refractivity contribution in [2.75, 3.05) is 24.6 Å². The number of rotatable bonds is 5. The van der Waals surface area contributed by atoms with Crippen molar-refractivity contribution in [2.24, 2.45) is 11.8 Å². The topological polar surface area (TPSA) is 58.4 Å². The number of ether oxygens (including phenoxy) is 2. The van der Waals surface area contributed by atoms with E-state index < -0.39 is 0 Å². The van der Waals surface area contributed by atoms with E-state index in [0.29, 0.717) is 24.0 Å². The van der Waals surface area contributed by atoms with Crippen molar-refractivity contribution < 1.29 is 9.47 Å². The molecular weight excluding hydrogens is 398 g/mol. The van der Waals surface area contributed by atoms with Crippen LogP contribution in [0, 0.1) is 35.0 Å². The van der Waals surface area contributed by atoms with Gasteiger partial charge in [0, 0.05) is 19.3 Å². The van der Waals surface area contributed by atoms with E-state index in [-0.39, 0.29) is 11.2 Å². The van der Waals surface area contributed by atoms with Crippen LogP contribution in [0.3, 0.4) is 0 Å². The van der Waals surface area contributed by atoms with Gasteiger partial charge in [0.2, 0.25) is 0 Å². The highest BCUT2D eigenvalue weighted by Crippen LogP contribution is 2.39. The Bertz CT molecular complexity index is 865. The van der Waals surface area contributed by atoms with E-state index in [1.165, 1.54) is 32.1 Å². The molecule has 0 bridgehead atoms. The van der Waals surface area contributed by atoms with Crippen molar-refractivity contribution in [2.45, 2.75) is 91.0 Å². The zero-order valence-corrected chi connectivity index (χ0v) is 20.7. The van der Waals surface area contributed by atoms with Gasteiger partial charge >= 0.3 is 0 Å². The van der Waals surface area contributed by atoms with Crippen LogP contribution in [0.2, 0.25) is 0 Å². The Morgan fingerprint density at radius 2 is 1.75 bits per heavy atom. The first-order valence-corrected chi connectivity index (χ1v) is 12.0. The van der Waals surface area contributed by atoms with Crippen LogP contribution in [0.15, 0.2) is 12.3 Å². The second-order valence-electron chi connectivity index (χ2n) is 11.3. The van der Waals surface area contributed by atoms with Crippen LogP contribution in [0.5, 0.6) is 0 Å². The van der Waals surface area contributed by atoms with Gasteiger partial charge in [0.05, 0.1) is 28.6 Å². The van der Waals surface area contributed by atoms with Gasteiger partial charge in [-0.3, -0.25) is 0 Å². The second-order valence-corrected chi connectivity index (χ2v) is 11.3. The lowest BCUT2D eigenvalue weighted by atomic mass is 9.74. The van der Waals surface area contributed by atoms with E-state index in [9.17, 15) is 5.26 Å². The van der Waals surface area contributed by atoms with Gasteiger partial charge in [0.1, 0.15) is 18.4 Å². The molecule has 0 amide bonds. The van der Waals surface area contributed by atoms with E-state index in [0.717, 1.165) is 30.6 Å². The Morgan fingerprint density at radius 3 is 2.34 bits per heavy atom. The Labute approximate surface area is 194 Å². The number of hydrogen-bond acceptors (Lipinski definition) is 5. The molecule has 32 heavy (non-hydrogen) atoms. The number of nitriles is 1. The monoisotopic (exact) mass is 437 g/mol. The molecule has 1 aliphatic carbocycles. The zero-order chi connectivity index (χ0) is 23.4. The van der Waals surface area contributed by atoms with Crippen LogP contribution in [0.1, 0.15) is 84.9 Å². The van der Waals surface area contributed by atoms with Crippen LogP contribution >= 0.6 is 0 Å². The summed E-state index contributed by atoms with van der Waals surface area (Å²) in [6, 6.07) is 4.26. The summed E-state index contributed by atoms with van der Waals surface area (Å²) in [5.41, 5.74) is 2.04. The van der Waals surface area contributed by atoms with Crippen molar-refractivity contribution in [3.05, 3.63) is 23.5 Å². The highest BCUT2D eigenvalue weighted by Gasteiger charge is 2.35. The van der Waals surface area contributed by atoms with Crippen LogP contribution in [-0.2, 0) is 9.47 Å². The third-order valence-electron chi connectivity index (χ3n) is 6.13. The number of pyridine rings is 1. The molecule has 2 fully saturated rings. The standard InChI is InChI=1S/C27H39N3O2/c1-26(2,3)31-13-7-8-23-17-25(22(18-28)19-29-23)30-11-9-20(10-12-30)14-21-15-24(16-21)32-27(4,5)6/h17,19-21,24H,9-16H2,1-6H3. The van der Waals surface area contributed by atoms with E-state index in [1.807, 2.05) is 26.8 Å². The van der Waals surface area contributed by atoms with Crippen molar-refractivity contribution in [1.82, 2.24) is 4.98 Å². The van der Waals surface area contributed by atoms with Crippen molar-refractivity contribution in [1.29, 1.82) is 5.26 Å². The van der Waals surface area contributed by atoms with Crippen LogP contribution in [-0.4, -0.2) is 42.0 Å². The fourth-order valence-electron chi connectivity index (χ4n) is 4.58. The lowest BCUT2D eigenvalue weighted by molar-refractivity contribution is -0.115. The summed E-state index contributed by atoms with van der Waals surface area (Å²) >= 11 is 0. The maximum Gasteiger partial charge on any atom is 0.115 e. The first-order valence-electron chi connectivity index (χ1n) is 12.0. The molecule has 5 nitrogen and oxygen atoms in total. The third kappa shape index (κ3) is 7.51. The Morgan fingerprint density at radius 1 is 1.06 bits per heavy atom. The third-order valence-corrected chi connectivity index (χ3v) is 6.13. The van der Waals surface area contributed by atoms with Gasteiger partial charge in [-0.25, -0.2) is 4.98 Å². The van der Waals surface area contributed by atoms with Gasteiger partial charge in [-0.2, -0.15) is 5.26 Å². The Hall–Kier alpha value is -2.08. The molecule has 1 saturated carbocycles. The number of hydrogen-bond donors (Lipinski definition) is 0. The number of nitrogens with zero attached hydrogens (tertiary/aromatic N) is 3. The smallest absolute Gasteiger partial charge is 0.115 e. The second kappa shape index (κ2) is 10.2. The molecule has 174 valence electrons. The molecule has 1 saturated heterocycles. The first kappa shape index (κ1) is 24.6. The van der Waals surface area contributed by atoms with Crippen molar-refractivity contribution >= 4 is 5.69 Å². The summed E-state index contributed by atoms with van der Waals surface area (Å²) in [7, 11) is 0. The molecule has 0 spiro atoms. The molecule has 0 N–H and O–H groups in total. The quantitative estimate of drug-likeness (QED) is 0.584. The van der Waals surface area contributed by atoms with Gasteiger partial charge in [-0.1, -0.05) is 5.92 Å². The minimum absolute atomic E-state index is 0.0349. The predicted molar refractivity (Wildman–Crippen MR) is 128 cm³/mol. The largest absolute Gasteiger partial charge is 0.373 e. The average molecular weight is 438 g/mol. The van der Waals surface area contributed by atoms with Gasteiger partial charge in [-0.05, 0) is 97.5 Å². The lowest BCUT2D eigenvalue weighted by Crippen LogP contribution is -2.40. The van der Waals surface area contributed by atoms with Crippen LogP contribution in [0.25, 0.3) is 0 Å². The zero-order valence-electron chi connectivity index (χ0n) is 20.7. The molecule has 0 aromatic carbocycles. The normalized spacial score (nSPS) is 22.0. The van der Waals surface area contributed by atoms with Gasteiger partial charge < -0.3 is 14.4 Å². The fraction of sp³-hybridized carbons (Fsp3) is 0.704. The molecule has 0 unspecified atom stereocenters. The van der Waals surface area contributed by atoms with E-state index in [2.05, 4.69) is 48.6 Å². The predicted octanol–water partition coefficient (Wildman–Crippen LogP) is 5.32. The van der Waals surface area contributed by atoms with Crippen LogP contribution < -0.4 is 4.90 Å². The summed E-state index contributed by atoms with van der Waals surface area (Å²) < 4.78 is 11.8. The Balaban J connectivity index is 1.51. The van der Waals surface area contributed by atoms with E-state index in [4.69, 9.17) is 9.47 Å². The maximum absolute atomic E-state index is 9.57. The van der Waals surface area contributed by atoms with Gasteiger partial charge in [0.15, 0.2) is 0 Å². The average Bonchev–Trinajstić information content (AvgIpc) is 2.68. The molecule has 2 aliphatic rings. The molecule has 0 atom stereocenters. The summed E-state index contributed by atoms with van der Waals surface area (Å²) in [5, 5.41) is 9.57. The van der Waals surface area contributed by atoms with Crippen LogP contribution in [0.4, 0.5) is 5.69 Å². The molecule has 2 heterocycles. The molecule has 0 radical (unpaired) electrons. The molecule has 5 heteroatoms. The van der Waals surface area contributed by atoms with Crippen molar-refractivity contribution in [3.8, 4) is 17.9 Å². The van der Waals surface area contributed by atoms with E-state index >= 15 is 0 Å². The Kier molecular flexibility index (Phi) is 7.86. The minimum atomic E-state index is -0.206. The first-order chi connectivity index (χ1) is 15.0. The molecular formula is C27H39N3O2. The summed E-state index contributed by atoms with van der Waals surface area (Å²) in [6.07, 6.45) is 8.18. The van der Waals surface area contributed by atoms with Crippen molar-refractivity contribution in [3.63, 3.8) is 0 Å². The summed E-state index contributed by atoms with van der Waals surface area (Å²) in [5.74, 6) is 7.71.